The van der Waals surface area contributed by atoms with Crippen LogP contribution in [0.5, 0.6) is 0 Å². The van der Waals surface area contributed by atoms with Crippen LogP contribution in [0.4, 0.5) is 0 Å². The second-order valence-electron chi connectivity index (χ2n) is 5.94. The maximum atomic E-state index is 10.2. The molecule has 0 saturated carbocycles. The van der Waals surface area contributed by atoms with Crippen LogP contribution in [-0.4, -0.2) is 64.2 Å². The molecule has 0 heterocycles. The zero-order valence-corrected chi connectivity index (χ0v) is 20.7. The molecule has 1 aromatic rings. The van der Waals surface area contributed by atoms with Crippen molar-refractivity contribution in [1.82, 2.24) is 0 Å². The second-order valence-corrected chi connectivity index (χ2v) is 5.94. The van der Waals surface area contributed by atoms with Crippen LogP contribution in [0.2, 0.25) is 0 Å². The zero-order chi connectivity index (χ0) is 23.0. The third-order valence-corrected chi connectivity index (χ3v) is 1.44. The Morgan fingerprint density at radius 2 is 1.07 bits per heavy atom. The molecule has 0 aromatic heterocycles. The van der Waals surface area contributed by atoms with Gasteiger partial charge in [-0.1, -0.05) is 0 Å². The molecule has 4 N–H and O–H groups in total. The summed E-state index contributed by atoms with van der Waals surface area (Å²) >= 11 is 0. The predicted octanol–water partition coefficient (Wildman–Crippen LogP) is 3.12. The van der Waals surface area contributed by atoms with Crippen molar-refractivity contribution in [3.63, 3.8) is 0 Å². The smallest absolute Gasteiger partial charge is 0.361 e. The fraction of sp³-hybridized carbons (Fsp3) is 0.667. The van der Waals surface area contributed by atoms with Gasteiger partial charge in [0.25, 0.3) is 6.29 Å². The van der Waals surface area contributed by atoms with Crippen molar-refractivity contribution in [3.8, 4) is 0 Å². The van der Waals surface area contributed by atoms with Gasteiger partial charge >= 0.3 is 5.97 Å². The third kappa shape index (κ3) is 74.8. The van der Waals surface area contributed by atoms with E-state index in [-0.39, 0.29) is 40.0 Å². The summed E-state index contributed by atoms with van der Waals surface area (Å²) in [7, 11) is 0. The van der Waals surface area contributed by atoms with Crippen molar-refractivity contribution in [1.29, 1.82) is 0 Å². The monoisotopic (exact) mass is 453 g/mol. The summed E-state index contributed by atoms with van der Waals surface area (Å²) in [6.07, 6.45) is -1.60. The van der Waals surface area contributed by atoms with Gasteiger partial charge in [0.2, 0.25) is 0 Å². The van der Waals surface area contributed by atoms with Crippen LogP contribution >= 0.6 is 0 Å². The maximum Gasteiger partial charge on any atom is 0.361 e. The summed E-state index contributed by atoms with van der Waals surface area (Å²) in [4.78, 5) is 10.2. The predicted molar refractivity (Wildman–Crippen MR) is 112 cm³/mol. The Labute approximate surface area is 192 Å². The third-order valence-electron chi connectivity index (χ3n) is 1.44. The summed E-state index contributed by atoms with van der Waals surface area (Å²) in [6.45, 7) is 14.5. The minimum absolute atomic E-state index is 0. The van der Waals surface area contributed by atoms with E-state index in [2.05, 4.69) is 6.07 Å². The number of carboxylic acids is 1. The molecule has 0 unspecified atom stereocenters. The van der Waals surface area contributed by atoms with Crippen molar-refractivity contribution in [3.05, 3.63) is 36.4 Å². The van der Waals surface area contributed by atoms with E-state index >= 15 is 0 Å². The van der Waals surface area contributed by atoms with Gasteiger partial charge in [-0.05, 0) is 55.4 Å². The molecule has 0 aliphatic heterocycles. The minimum atomic E-state index is -1.10. The molecule has 1 rings (SSSR count). The topological polar surface area (TPSA) is 116 Å². The number of ether oxygens (including phenoxy) is 2. The van der Waals surface area contributed by atoms with Crippen molar-refractivity contribution < 1.29 is 56.4 Å². The zero-order valence-electron chi connectivity index (χ0n) is 19.1. The molecule has 0 aliphatic rings. The van der Waals surface area contributed by atoms with E-state index in [1.54, 1.807) is 55.4 Å². The van der Waals surface area contributed by atoms with Gasteiger partial charge in [-0.15, -0.1) is 0 Å². The van der Waals surface area contributed by atoms with Crippen molar-refractivity contribution >= 4 is 5.97 Å². The maximum absolute atomic E-state index is 10.2. The van der Waals surface area contributed by atoms with Gasteiger partial charge in [0.1, 0.15) is 0 Å². The van der Waals surface area contributed by atoms with Gasteiger partial charge in [-0.3, -0.25) is 0 Å². The van der Waals surface area contributed by atoms with Gasteiger partial charge in [0.05, 0.1) is 0 Å². The van der Waals surface area contributed by atoms with Crippen LogP contribution < -0.4 is 0 Å². The second kappa shape index (κ2) is 31.9. The standard InChI is InChI=1S/C6H12O4.C6H5.3C3H8O.Ti/c1-3-9-6(5(7)8)10-4-2;1-2-4-6-5-3-1;3*1-3(2)4;/h6H,3-4H2,1-2H3,(H,7,8);1-5H;3*3-4H,1-2H3;/q;-1;;;;. The Morgan fingerprint density at radius 3 is 1.17 bits per heavy atom. The van der Waals surface area contributed by atoms with Gasteiger partial charge in [-0.2, -0.15) is 36.4 Å². The molecule has 0 fully saturated rings. The Bertz CT molecular complexity index is 333. The molecule has 0 aliphatic carbocycles. The quantitative estimate of drug-likeness (QED) is 0.308. The molecule has 172 valence electrons. The van der Waals surface area contributed by atoms with Crippen molar-refractivity contribution in [2.75, 3.05) is 13.2 Å². The van der Waals surface area contributed by atoms with Crippen LogP contribution in [0.3, 0.4) is 0 Å². The van der Waals surface area contributed by atoms with E-state index in [4.69, 9.17) is 29.9 Å². The molecular weight excluding hydrogens is 412 g/mol. The van der Waals surface area contributed by atoms with Crippen molar-refractivity contribution in [2.45, 2.75) is 80.0 Å². The number of carboxylic acid groups (broad SMARTS) is 1. The molecule has 0 saturated heterocycles. The number of hydrogen-bond acceptors (Lipinski definition) is 6. The SMILES string of the molecule is CC(C)O.CC(C)O.CC(C)O.CCOC(OCC)C(=O)O.[Ti].[c-]1ccccc1. The number of aliphatic hydroxyl groups excluding tert-OH is 3. The first-order chi connectivity index (χ1) is 12.9. The summed E-state index contributed by atoms with van der Waals surface area (Å²) in [6, 6.07) is 12.5. The van der Waals surface area contributed by atoms with Crippen LogP contribution in [0.15, 0.2) is 30.3 Å². The first-order valence-corrected chi connectivity index (χ1v) is 9.33. The number of aliphatic carboxylic acids is 1. The van der Waals surface area contributed by atoms with Gasteiger partial charge < -0.3 is 29.9 Å². The average Bonchev–Trinajstić information content (AvgIpc) is 2.55. The van der Waals surface area contributed by atoms with Crippen LogP contribution in [0.25, 0.3) is 0 Å². The fourth-order valence-electron chi connectivity index (χ4n) is 0.835. The van der Waals surface area contributed by atoms with E-state index in [0.717, 1.165) is 0 Å². The summed E-state index contributed by atoms with van der Waals surface area (Å²) in [5.41, 5.74) is 0. The van der Waals surface area contributed by atoms with Crippen LogP contribution in [-0.2, 0) is 36.0 Å². The molecule has 0 spiro atoms. The Balaban J connectivity index is -0.0000000876. The molecule has 1 aromatic carbocycles. The number of aliphatic hydroxyl groups is 3. The number of rotatable bonds is 5. The van der Waals surface area contributed by atoms with Crippen LogP contribution in [0.1, 0.15) is 55.4 Å². The first kappa shape index (κ1) is 38.8. The van der Waals surface area contributed by atoms with E-state index in [0.29, 0.717) is 13.2 Å². The first-order valence-electron chi connectivity index (χ1n) is 9.33. The van der Waals surface area contributed by atoms with E-state index in [9.17, 15) is 4.79 Å². The molecule has 7 nitrogen and oxygen atoms in total. The molecule has 0 atom stereocenters. The van der Waals surface area contributed by atoms with Crippen molar-refractivity contribution in [2.24, 2.45) is 0 Å². The number of hydrogen-bond donors (Lipinski definition) is 4. The Morgan fingerprint density at radius 1 is 0.793 bits per heavy atom. The Hall–Kier alpha value is -0.796. The number of benzene rings is 1. The van der Waals surface area contributed by atoms with E-state index in [1.807, 2.05) is 30.3 Å². The Kier molecular flexibility index (Phi) is 42.6. The van der Waals surface area contributed by atoms with Gasteiger partial charge in [0.15, 0.2) is 0 Å². The minimum Gasteiger partial charge on any atom is -0.477 e. The average molecular weight is 453 g/mol. The molecule has 0 radical (unpaired) electrons. The summed E-state index contributed by atoms with van der Waals surface area (Å²) in [5, 5.41) is 32.6. The molecular formula is C21H41O7Ti-. The van der Waals surface area contributed by atoms with Gasteiger partial charge in [0, 0.05) is 53.2 Å². The molecule has 0 amide bonds. The molecule has 8 heteroatoms. The van der Waals surface area contributed by atoms with Gasteiger partial charge in [-0.25, -0.2) is 4.79 Å². The molecule has 0 bridgehead atoms. The largest absolute Gasteiger partial charge is 0.477 e. The fourth-order valence-corrected chi connectivity index (χ4v) is 0.835. The van der Waals surface area contributed by atoms with E-state index < -0.39 is 12.3 Å². The number of carbonyl (C=O) groups is 1. The summed E-state index contributed by atoms with van der Waals surface area (Å²) < 4.78 is 9.44. The van der Waals surface area contributed by atoms with Crippen LogP contribution in [0, 0.1) is 6.07 Å². The summed E-state index contributed by atoms with van der Waals surface area (Å²) in [5.74, 6) is -1.08. The van der Waals surface area contributed by atoms with E-state index in [1.165, 1.54) is 0 Å². The normalized spacial score (nSPS) is 8.93. The molecule has 29 heavy (non-hydrogen) atoms.